The molecule has 2 saturated carbocycles. The summed E-state index contributed by atoms with van der Waals surface area (Å²) in [5.74, 6) is -5.24. The molecule has 172 valence electrons. The summed E-state index contributed by atoms with van der Waals surface area (Å²) < 4.78 is 50.3. The minimum Gasteiger partial charge on any atom is -0.462 e. The highest BCUT2D eigenvalue weighted by atomic mass is 19.2. The Morgan fingerprint density at radius 1 is 0.871 bits per heavy atom. The Hall–Kier alpha value is -2.05. The fourth-order valence-electron chi connectivity index (χ4n) is 4.65. The van der Waals surface area contributed by atoms with Crippen molar-refractivity contribution < 1.29 is 32.2 Å². The number of unbranched alkanes of at least 4 members (excludes halogenated alkanes) is 1. The third-order valence-corrected chi connectivity index (χ3v) is 6.61. The third-order valence-electron chi connectivity index (χ3n) is 6.61. The van der Waals surface area contributed by atoms with Gasteiger partial charge in [0.2, 0.25) is 0 Å². The van der Waals surface area contributed by atoms with Gasteiger partial charge in [0.05, 0.1) is 11.8 Å². The van der Waals surface area contributed by atoms with Crippen LogP contribution in [0.4, 0.5) is 13.2 Å². The molecule has 0 N–H and O–H groups in total. The Morgan fingerprint density at radius 3 is 2.00 bits per heavy atom. The number of carbonyl (C=O) groups is 2. The van der Waals surface area contributed by atoms with Crippen LogP contribution in [0, 0.1) is 35.2 Å². The fraction of sp³-hybridized carbons (Fsp3) is 0.667. The molecule has 2 aliphatic rings. The summed E-state index contributed by atoms with van der Waals surface area (Å²) in [6, 6.07) is 1.31. The molecule has 31 heavy (non-hydrogen) atoms. The lowest BCUT2D eigenvalue weighted by atomic mass is 9.80. The number of hydrogen-bond donors (Lipinski definition) is 0. The van der Waals surface area contributed by atoms with Gasteiger partial charge in [0.25, 0.3) is 0 Å². The molecular weight excluding hydrogens is 409 g/mol. The van der Waals surface area contributed by atoms with Crippen molar-refractivity contribution in [2.75, 3.05) is 0 Å². The Morgan fingerprint density at radius 2 is 1.42 bits per heavy atom. The zero-order valence-electron chi connectivity index (χ0n) is 18.0. The molecule has 0 bridgehead atoms. The van der Waals surface area contributed by atoms with E-state index < -0.39 is 29.3 Å². The monoisotopic (exact) mass is 440 g/mol. The molecule has 2 fully saturated rings. The molecule has 0 radical (unpaired) electrons. The van der Waals surface area contributed by atoms with E-state index >= 15 is 0 Å². The first-order valence-corrected chi connectivity index (χ1v) is 11.4. The Labute approximate surface area is 181 Å². The summed E-state index contributed by atoms with van der Waals surface area (Å²) in [6.07, 6.45) is 9.45. The molecule has 0 saturated heterocycles. The average molecular weight is 441 g/mol. The number of carbonyl (C=O) groups excluding carboxylic acids is 2. The smallest absolute Gasteiger partial charge is 0.314 e. The molecule has 0 spiro atoms. The first-order valence-electron chi connectivity index (χ1n) is 11.4. The SMILES string of the molecule is CCCCC1CCC(C(=O)OC2CCC(C(=O)Oc3cc(F)c(F)c(F)c3)CC2)CC1. The van der Waals surface area contributed by atoms with Gasteiger partial charge < -0.3 is 9.47 Å². The lowest BCUT2D eigenvalue weighted by Crippen LogP contribution is -2.32. The zero-order valence-corrected chi connectivity index (χ0v) is 18.0. The quantitative estimate of drug-likeness (QED) is 0.292. The van der Waals surface area contributed by atoms with Crippen molar-refractivity contribution in [1.82, 2.24) is 0 Å². The molecule has 7 heteroatoms. The molecule has 0 atom stereocenters. The maximum Gasteiger partial charge on any atom is 0.314 e. The fourth-order valence-corrected chi connectivity index (χ4v) is 4.65. The normalized spacial score (nSPS) is 26.3. The van der Waals surface area contributed by atoms with Gasteiger partial charge in [0, 0.05) is 12.1 Å². The van der Waals surface area contributed by atoms with Gasteiger partial charge in [-0.25, -0.2) is 13.2 Å². The Bertz CT molecular complexity index is 743. The van der Waals surface area contributed by atoms with Gasteiger partial charge in [-0.15, -0.1) is 0 Å². The summed E-state index contributed by atoms with van der Waals surface area (Å²) >= 11 is 0. The van der Waals surface area contributed by atoms with Gasteiger partial charge in [-0.3, -0.25) is 9.59 Å². The van der Waals surface area contributed by atoms with Crippen LogP contribution in [0.5, 0.6) is 5.75 Å². The second-order valence-electron chi connectivity index (χ2n) is 8.89. The van der Waals surface area contributed by atoms with Crippen LogP contribution < -0.4 is 4.74 Å². The topological polar surface area (TPSA) is 52.6 Å². The maximum absolute atomic E-state index is 13.3. The van der Waals surface area contributed by atoms with E-state index in [4.69, 9.17) is 9.47 Å². The Kier molecular flexibility index (Phi) is 8.38. The molecule has 0 heterocycles. The van der Waals surface area contributed by atoms with Crippen molar-refractivity contribution in [2.45, 2.75) is 83.7 Å². The predicted molar refractivity (Wildman–Crippen MR) is 109 cm³/mol. The number of halogens is 3. The summed E-state index contributed by atoms with van der Waals surface area (Å²) in [6.45, 7) is 2.19. The first kappa shape index (κ1) is 23.6. The van der Waals surface area contributed by atoms with Crippen LogP contribution in [0.25, 0.3) is 0 Å². The molecule has 0 unspecified atom stereocenters. The van der Waals surface area contributed by atoms with Gasteiger partial charge in [0.1, 0.15) is 11.9 Å². The minimum absolute atomic E-state index is 0.0242. The highest BCUT2D eigenvalue weighted by molar-refractivity contribution is 5.75. The van der Waals surface area contributed by atoms with Crippen molar-refractivity contribution in [1.29, 1.82) is 0 Å². The maximum atomic E-state index is 13.3. The van der Waals surface area contributed by atoms with Crippen LogP contribution in [0.3, 0.4) is 0 Å². The Balaban J connectivity index is 1.40. The van der Waals surface area contributed by atoms with Crippen LogP contribution in [-0.2, 0) is 14.3 Å². The summed E-state index contributed by atoms with van der Waals surface area (Å²) in [7, 11) is 0. The average Bonchev–Trinajstić information content (AvgIpc) is 2.76. The molecule has 2 aliphatic carbocycles. The molecule has 1 aromatic carbocycles. The number of benzene rings is 1. The van der Waals surface area contributed by atoms with Crippen LogP contribution in [-0.4, -0.2) is 18.0 Å². The number of ether oxygens (including phenoxy) is 2. The number of hydrogen-bond acceptors (Lipinski definition) is 4. The van der Waals surface area contributed by atoms with Crippen LogP contribution in [0.15, 0.2) is 12.1 Å². The highest BCUT2D eigenvalue weighted by Crippen LogP contribution is 2.34. The third kappa shape index (κ3) is 6.47. The van der Waals surface area contributed by atoms with Crippen molar-refractivity contribution in [2.24, 2.45) is 17.8 Å². The van der Waals surface area contributed by atoms with E-state index in [1.807, 2.05) is 0 Å². The molecule has 1 aromatic rings. The molecule has 3 rings (SSSR count). The van der Waals surface area contributed by atoms with Crippen molar-refractivity contribution in [3.05, 3.63) is 29.6 Å². The van der Waals surface area contributed by atoms with Crippen LogP contribution >= 0.6 is 0 Å². The van der Waals surface area contributed by atoms with Gasteiger partial charge in [0.15, 0.2) is 17.5 Å². The van der Waals surface area contributed by atoms with E-state index in [1.54, 1.807) is 0 Å². The second kappa shape index (κ2) is 11.0. The standard InChI is InChI=1S/C24H31F3O4/c1-2-3-4-15-5-7-16(8-6-15)23(28)30-18-11-9-17(10-12-18)24(29)31-19-13-20(25)22(27)21(26)14-19/h13-18H,2-12H2,1H3. The largest absolute Gasteiger partial charge is 0.462 e. The molecule has 4 nitrogen and oxygen atoms in total. The lowest BCUT2D eigenvalue weighted by molar-refractivity contribution is -0.158. The van der Waals surface area contributed by atoms with E-state index in [9.17, 15) is 22.8 Å². The van der Waals surface area contributed by atoms with Crippen LogP contribution in [0.1, 0.15) is 77.6 Å². The lowest BCUT2D eigenvalue weighted by Gasteiger charge is -2.31. The van der Waals surface area contributed by atoms with E-state index in [0.29, 0.717) is 37.8 Å². The molecule has 0 aliphatic heterocycles. The highest BCUT2D eigenvalue weighted by Gasteiger charge is 2.33. The summed E-state index contributed by atoms with van der Waals surface area (Å²) in [4.78, 5) is 24.8. The molecule has 0 amide bonds. The van der Waals surface area contributed by atoms with E-state index in [1.165, 1.54) is 19.3 Å². The van der Waals surface area contributed by atoms with Crippen molar-refractivity contribution in [3.63, 3.8) is 0 Å². The molecule has 0 aromatic heterocycles. The first-order chi connectivity index (χ1) is 14.9. The van der Waals surface area contributed by atoms with E-state index in [0.717, 1.165) is 31.6 Å². The van der Waals surface area contributed by atoms with Gasteiger partial charge in [-0.1, -0.05) is 26.2 Å². The van der Waals surface area contributed by atoms with Gasteiger partial charge in [-0.05, 0) is 57.3 Å². The van der Waals surface area contributed by atoms with E-state index in [-0.39, 0.29) is 23.7 Å². The van der Waals surface area contributed by atoms with Crippen molar-refractivity contribution >= 4 is 11.9 Å². The molecular formula is C24H31F3O4. The number of esters is 2. The summed E-state index contributed by atoms with van der Waals surface area (Å²) in [5.41, 5.74) is 0. The van der Waals surface area contributed by atoms with E-state index in [2.05, 4.69) is 6.92 Å². The van der Waals surface area contributed by atoms with Crippen LogP contribution in [0.2, 0.25) is 0 Å². The zero-order chi connectivity index (χ0) is 22.4. The summed E-state index contributed by atoms with van der Waals surface area (Å²) in [5, 5.41) is 0. The van der Waals surface area contributed by atoms with Gasteiger partial charge >= 0.3 is 11.9 Å². The van der Waals surface area contributed by atoms with Crippen molar-refractivity contribution in [3.8, 4) is 5.75 Å². The number of rotatable bonds is 7. The minimum atomic E-state index is -1.60. The predicted octanol–water partition coefficient (Wildman–Crippen LogP) is 6.11. The van der Waals surface area contributed by atoms with Gasteiger partial charge in [-0.2, -0.15) is 0 Å². The second-order valence-corrected chi connectivity index (χ2v) is 8.89.